The Morgan fingerprint density at radius 2 is 1.09 bits per heavy atom. The van der Waals surface area contributed by atoms with Gasteiger partial charge in [0.1, 0.15) is 11.2 Å². The molecule has 5 nitrogen and oxygen atoms in total. The third-order valence-electron chi connectivity index (χ3n) is 10.9. The predicted molar refractivity (Wildman–Crippen MR) is 228 cm³/mol. The first-order valence-electron chi connectivity index (χ1n) is 19.1. The van der Waals surface area contributed by atoms with E-state index < -0.39 is 0 Å². The molecule has 5 heteroatoms. The fourth-order valence-corrected chi connectivity index (χ4v) is 8.35. The maximum absolute atomic E-state index is 6.73. The highest BCUT2D eigenvalue weighted by Gasteiger charge is 2.24. The van der Waals surface area contributed by atoms with E-state index in [1.54, 1.807) is 0 Å². The van der Waals surface area contributed by atoms with Crippen molar-refractivity contribution in [1.29, 1.82) is 0 Å². The van der Waals surface area contributed by atoms with Crippen molar-refractivity contribution in [2.24, 2.45) is 0 Å². The van der Waals surface area contributed by atoms with Crippen LogP contribution in [-0.4, -0.2) is 19.5 Å². The summed E-state index contributed by atoms with van der Waals surface area (Å²) in [5, 5.41) is 3.27. The fraction of sp³-hybridized carbons (Fsp3) is 0.0392. The van der Waals surface area contributed by atoms with Gasteiger partial charge in [-0.3, -0.25) is 0 Å². The van der Waals surface area contributed by atoms with Crippen molar-refractivity contribution < 1.29 is 4.42 Å². The number of benzene rings is 7. The first-order chi connectivity index (χ1) is 27.8. The first kappa shape index (κ1) is 32.1. The van der Waals surface area contributed by atoms with Crippen LogP contribution in [0.4, 0.5) is 0 Å². The molecule has 1 aliphatic carbocycles. The Bertz CT molecular complexity index is 3050. The molecule has 3 aromatic heterocycles. The highest BCUT2D eigenvalue weighted by molar-refractivity contribution is 6.12. The van der Waals surface area contributed by atoms with Crippen LogP contribution in [0.5, 0.6) is 0 Å². The molecule has 0 saturated heterocycles. The molecule has 10 aromatic rings. The first-order valence-corrected chi connectivity index (χ1v) is 19.1. The molecule has 7 aromatic carbocycles. The van der Waals surface area contributed by atoms with E-state index in [1.807, 2.05) is 72.8 Å². The summed E-state index contributed by atoms with van der Waals surface area (Å²) in [4.78, 5) is 15.1. The molecule has 0 bridgehead atoms. The monoisotopic (exact) mass is 718 g/mol. The zero-order chi connectivity index (χ0) is 37.0. The number of hydrogen-bond acceptors (Lipinski definition) is 4. The topological polar surface area (TPSA) is 56.7 Å². The Balaban J connectivity index is 1.13. The standard InChI is InChI=1S/C51H34N4O/c1-5-16-33(17-6-1)37-30-42(34-18-7-2-8-19-34)47-39-24-13-14-26-43(39)55(44(47)31-37)38-28-29-40-46(32-38)56-45-27-15-25-41(48(40)45)51-53-49(35-20-9-3-10-21-35)52-50(54-51)36-22-11-4-12-23-36/h1-13,15-25,27-32H,14,26H2. The molecule has 0 unspecified atom stereocenters. The van der Waals surface area contributed by atoms with E-state index in [0.717, 1.165) is 57.2 Å². The zero-order valence-electron chi connectivity index (χ0n) is 30.4. The van der Waals surface area contributed by atoms with Gasteiger partial charge >= 0.3 is 0 Å². The normalized spacial score (nSPS) is 12.4. The molecular weight excluding hydrogens is 685 g/mol. The van der Waals surface area contributed by atoms with Crippen LogP contribution in [-0.2, 0) is 6.42 Å². The fourth-order valence-electron chi connectivity index (χ4n) is 8.35. The van der Waals surface area contributed by atoms with Crippen LogP contribution in [0.25, 0.3) is 101 Å². The van der Waals surface area contributed by atoms with Gasteiger partial charge in [0, 0.05) is 55.9 Å². The molecule has 0 atom stereocenters. The van der Waals surface area contributed by atoms with E-state index in [1.165, 1.54) is 44.4 Å². The van der Waals surface area contributed by atoms with Crippen LogP contribution in [0, 0.1) is 0 Å². The molecule has 1 aliphatic rings. The minimum Gasteiger partial charge on any atom is -0.456 e. The quantitative estimate of drug-likeness (QED) is 0.172. The predicted octanol–water partition coefficient (Wildman–Crippen LogP) is 13.0. The van der Waals surface area contributed by atoms with Crippen molar-refractivity contribution in [2.75, 3.05) is 0 Å². The number of nitrogens with zero attached hydrogens (tertiary/aromatic N) is 4. The Morgan fingerprint density at radius 1 is 0.464 bits per heavy atom. The van der Waals surface area contributed by atoms with Crippen LogP contribution >= 0.6 is 0 Å². The minimum atomic E-state index is 0.606. The van der Waals surface area contributed by atoms with Crippen LogP contribution < -0.4 is 0 Å². The number of rotatable bonds is 6. The molecule has 0 aliphatic heterocycles. The Kier molecular flexibility index (Phi) is 7.56. The second-order valence-corrected chi connectivity index (χ2v) is 14.3. The summed E-state index contributed by atoms with van der Waals surface area (Å²) in [5.74, 6) is 1.86. The van der Waals surface area contributed by atoms with Gasteiger partial charge in [-0.1, -0.05) is 146 Å². The van der Waals surface area contributed by atoms with Gasteiger partial charge in [0.25, 0.3) is 0 Å². The Morgan fingerprint density at radius 3 is 1.77 bits per heavy atom. The van der Waals surface area contributed by atoms with Crippen molar-refractivity contribution >= 4 is 38.9 Å². The van der Waals surface area contributed by atoms with E-state index in [0.29, 0.717) is 17.5 Å². The molecule has 0 saturated carbocycles. The van der Waals surface area contributed by atoms with E-state index in [4.69, 9.17) is 19.4 Å². The van der Waals surface area contributed by atoms with Crippen LogP contribution in [0.2, 0.25) is 0 Å². The SMILES string of the molecule is C1=Cc2c(n(-c3ccc4c(c3)oc3cccc(-c5nc(-c6ccccc6)nc(-c6ccccc6)n5)c34)c3cc(-c4ccccc4)cc(-c4ccccc4)c23)CC1. The average molecular weight is 719 g/mol. The van der Waals surface area contributed by atoms with Crippen LogP contribution in [0.1, 0.15) is 17.7 Å². The zero-order valence-corrected chi connectivity index (χ0v) is 30.4. The third kappa shape index (κ3) is 5.36. The van der Waals surface area contributed by atoms with Gasteiger partial charge in [0.15, 0.2) is 17.5 Å². The lowest BCUT2D eigenvalue weighted by Crippen LogP contribution is -2.02. The molecule has 0 radical (unpaired) electrons. The number of hydrogen-bond donors (Lipinski definition) is 0. The summed E-state index contributed by atoms with van der Waals surface area (Å²) in [5.41, 5.74) is 14.1. The Labute approximate surface area is 323 Å². The molecule has 264 valence electrons. The molecule has 0 spiro atoms. The van der Waals surface area contributed by atoms with E-state index >= 15 is 0 Å². The summed E-state index contributed by atoms with van der Waals surface area (Å²) < 4.78 is 9.19. The highest BCUT2D eigenvalue weighted by atomic mass is 16.3. The van der Waals surface area contributed by atoms with E-state index in [2.05, 4.69) is 114 Å². The second kappa shape index (κ2) is 13.2. The number of allylic oxidation sites excluding steroid dienone is 1. The summed E-state index contributed by atoms with van der Waals surface area (Å²) >= 11 is 0. The van der Waals surface area contributed by atoms with E-state index in [9.17, 15) is 0 Å². The highest BCUT2D eigenvalue weighted by Crippen LogP contribution is 2.44. The summed E-state index contributed by atoms with van der Waals surface area (Å²) in [7, 11) is 0. The second-order valence-electron chi connectivity index (χ2n) is 14.3. The van der Waals surface area contributed by atoms with Crippen molar-refractivity contribution in [2.45, 2.75) is 12.8 Å². The minimum absolute atomic E-state index is 0.606. The van der Waals surface area contributed by atoms with Crippen molar-refractivity contribution in [1.82, 2.24) is 19.5 Å². The average Bonchev–Trinajstić information content (AvgIpc) is 3.82. The summed E-state index contributed by atoms with van der Waals surface area (Å²) in [6.07, 6.45) is 6.57. The van der Waals surface area contributed by atoms with Gasteiger partial charge in [-0.15, -0.1) is 0 Å². The number of fused-ring (bicyclic) bond motifs is 6. The lowest BCUT2D eigenvalue weighted by Gasteiger charge is -2.14. The molecule has 3 heterocycles. The smallest absolute Gasteiger partial charge is 0.164 e. The molecule has 0 amide bonds. The van der Waals surface area contributed by atoms with Gasteiger partial charge in [-0.25, -0.2) is 15.0 Å². The molecule has 0 fully saturated rings. The maximum atomic E-state index is 6.73. The third-order valence-corrected chi connectivity index (χ3v) is 10.9. The molecule has 11 rings (SSSR count). The van der Waals surface area contributed by atoms with Gasteiger partial charge in [-0.05, 0) is 65.4 Å². The molecule has 56 heavy (non-hydrogen) atoms. The van der Waals surface area contributed by atoms with Crippen LogP contribution in [0.15, 0.2) is 180 Å². The summed E-state index contributed by atoms with van der Waals surface area (Å²) in [6, 6.07) is 59.1. The molecular formula is C51H34N4O. The Hall–Kier alpha value is -7.37. The van der Waals surface area contributed by atoms with Gasteiger partial charge < -0.3 is 8.98 Å². The van der Waals surface area contributed by atoms with Gasteiger partial charge in [-0.2, -0.15) is 0 Å². The van der Waals surface area contributed by atoms with Gasteiger partial charge in [0.2, 0.25) is 0 Å². The van der Waals surface area contributed by atoms with Crippen LogP contribution in [0.3, 0.4) is 0 Å². The van der Waals surface area contributed by atoms with E-state index in [-0.39, 0.29) is 0 Å². The molecule has 0 N–H and O–H groups in total. The van der Waals surface area contributed by atoms with Crippen molar-refractivity contribution in [3.8, 4) is 62.1 Å². The lowest BCUT2D eigenvalue weighted by atomic mass is 9.92. The summed E-state index contributed by atoms with van der Waals surface area (Å²) in [6.45, 7) is 0. The largest absolute Gasteiger partial charge is 0.456 e. The number of furan rings is 1. The van der Waals surface area contributed by atoms with Crippen molar-refractivity contribution in [3.63, 3.8) is 0 Å². The lowest BCUT2D eigenvalue weighted by molar-refractivity contribution is 0.668. The number of aromatic nitrogens is 4. The van der Waals surface area contributed by atoms with Gasteiger partial charge in [0.05, 0.1) is 5.52 Å². The van der Waals surface area contributed by atoms with Crippen molar-refractivity contribution in [3.05, 3.63) is 187 Å². The maximum Gasteiger partial charge on any atom is 0.164 e.